The van der Waals surface area contributed by atoms with Crippen LogP contribution in [-0.4, -0.2) is 23.8 Å². The van der Waals surface area contributed by atoms with Gasteiger partial charge in [0.05, 0.1) is 6.10 Å². The molecule has 2 atom stereocenters. The first-order valence-electron chi connectivity index (χ1n) is 5.23. The zero-order chi connectivity index (χ0) is 10.1. The maximum atomic E-state index is 9.29. The van der Waals surface area contributed by atoms with Crippen LogP contribution in [0.15, 0.2) is 12.7 Å². The van der Waals surface area contributed by atoms with Crippen molar-refractivity contribution >= 4 is 0 Å². The molecule has 0 spiro atoms. The van der Waals surface area contributed by atoms with Crippen LogP contribution in [-0.2, 0) is 0 Å². The number of aliphatic hydroxyl groups is 1. The molecule has 0 aliphatic heterocycles. The van der Waals surface area contributed by atoms with Gasteiger partial charge >= 0.3 is 0 Å². The van der Waals surface area contributed by atoms with Gasteiger partial charge in [0.2, 0.25) is 0 Å². The van der Waals surface area contributed by atoms with Crippen molar-refractivity contribution in [1.29, 1.82) is 0 Å². The summed E-state index contributed by atoms with van der Waals surface area (Å²) in [4.78, 5) is 0. The zero-order valence-corrected chi connectivity index (χ0v) is 8.92. The summed E-state index contributed by atoms with van der Waals surface area (Å²) in [6.07, 6.45) is 5.70. The molecule has 0 heterocycles. The number of hydrogen-bond acceptors (Lipinski definition) is 2. The monoisotopic (exact) mass is 185 g/mol. The van der Waals surface area contributed by atoms with Gasteiger partial charge in [-0.3, -0.25) is 0 Å². The van der Waals surface area contributed by atoms with Crippen molar-refractivity contribution in [2.75, 3.05) is 6.54 Å². The largest absolute Gasteiger partial charge is 0.393 e. The Labute approximate surface area is 82.0 Å². The van der Waals surface area contributed by atoms with Crippen LogP contribution < -0.4 is 5.32 Å². The Morgan fingerprint density at radius 1 is 1.46 bits per heavy atom. The van der Waals surface area contributed by atoms with Gasteiger partial charge in [0.1, 0.15) is 0 Å². The van der Waals surface area contributed by atoms with Crippen LogP contribution in [0.25, 0.3) is 0 Å². The summed E-state index contributed by atoms with van der Waals surface area (Å²) < 4.78 is 0. The van der Waals surface area contributed by atoms with E-state index in [0.29, 0.717) is 6.04 Å². The lowest BCUT2D eigenvalue weighted by Gasteiger charge is -2.14. The summed E-state index contributed by atoms with van der Waals surface area (Å²) in [5, 5.41) is 12.7. The topological polar surface area (TPSA) is 32.3 Å². The zero-order valence-electron chi connectivity index (χ0n) is 8.92. The second-order valence-electron chi connectivity index (χ2n) is 3.57. The van der Waals surface area contributed by atoms with E-state index < -0.39 is 0 Å². The van der Waals surface area contributed by atoms with Crippen molar-refractivity contribution in [1.82, 2.24) is 5.32 Å². The number of aliphatic hydroxyl groups excluding tert-OH is 1. The van der Waals surface area contributed by atoms with Crippen molar-refractivity contribution in [2.24, 2.45) is 0 Å². The summed E-state index contributed by atoms with van der Waals surface area (Å²) in [5.74, 6) is 0. The lowest BCUT2D eigenvalue weighted by atomic mass is 10.1. The van der Waals surface area contributed by atoms with Crippen molar-refractivity contribution in [3.05, 3.63) is 12.7 Å². The Kier molecular flexibility index (Phi) is 8.05. The smallest absolute Gasteiger partial charge is 0.0549 e. The summed E-state index contributed by atoms with van der Waals surface area (Å²) in [7, 11) is 0. The van der Waals surface area contributed by atoms with Gasteiger partial charge in [-0.05, 0) is 39.2 Å². The molecule has 0 aliphatic carbocycles. The van der Waals surface area contributed by atoms with Gasteiger partial charge in [0, 0.05) is 6.04 Å². The Bertz CT molecular complexity index is 125. The van der Waals surface area contributed by atoms with Crippen LogP contribution in [0.1, 0.15) is 39.5 Å². The first-order chi connectivity index (χ1) is 6.20. The maximum absolute atomic E-state index is 9.29. The standard InChI is InChI=1S/C11H23NO/c1-4-6-7-10(3)12-9-8-11(13)5-2/h4,10-13H,1,5-9H2,2-3H3. The van der Waals surface area contributed by atoms with E-state index in [0.717, 1.165) is 32.2 Å². The normalized spacial score (nSPS) is 15.3. The highest BCUT2D eigenvalue weighted by Gasteiger charge is 2.02. The Balaban J connectivity index is 3.25. The number of allylic oxidation sites excluding steroid dienone is 1. The Hall–Kier alpha value is -0.340. The molecule has 78 valence electrons. The molecule has 2 N–H and O–H groups in total. The fraction of sp³-hybridized carbons (Fsp3) is 0.818. The molecule has 0 saturated heterocycles. The lowest BCUT2D eigenvalue weighted by molar-refractivity contribution is 0.158. The molecule has 2 unspecified atom stereocenters. The summed E-state index contributed by atoms with van der Waals surface area (Å²) in [5.41, 5.74) is 0. The first kappa shape index (κ1) is 12.7. The third-order valence-corrected chi connectivity index (χ3v) is 2.25. The number of nitrogens with one attached hydrogen (secondary N) is 1. The molecule has 0 saturated carbocycles. The van der Waals surface area contributed by atoms with Crippen LogP contribution in [0, 0.1) is 0 Å². The van der Waals surface area contributed by atoms with E-state index in [9.17, 15) is 5.11 Å². The van der Waals surface area contributed by atoms with E-state index in [-0.39, 0.29) is 6.10 Å². The molecule has 2 nitrogen and oxygen atoms in total. The molecule has 0 amide bonds. The fourth-order valence-electron chi connectivity index (χ4n) is 1.17. The Morgan fingerprint density at radius 3 is 2.69 bits per heavy atom. The Morgan fingerprint density at radius 2 is 2.15 bits per heavy atom. The molecular weight excluding hydrogens is 162 g/mol. The quantitative estimate of drug-likeness (QED) is 0.568. The number of rotatable bonds is 8. The van der Waals surface area contributed by atoms with Gasteiger partial charge in [0.25, 0.3) is 0 Å². The van der Waals surface area contributed by atoms with Crippen LogP contribution in [0.3, 0.4) is 0 Å². The molecule has 13 heavy (non-hydrogen) atoms. The molecule has 2 heteroatoms. The van der Waals surface area contributed by atoms with Gasteiger partial charge in [0.15, 0.2) is 0 Å². The highest BCUT2D eigenvalue weighted by Crippen LogP contribution is 1.99. The first-order valence-corrected chi connectivity index (χ1v) is 5.23. The van der Waals surface area contributed by atoms with Crippen LogP contribution in [0.5, 0.6) is 0 Å². The molecule has 0 bridgehead atoms. The molecule has 0 aromatic rings. The SMILES string of the molecule is C=CCCC(C)NCCC(O)CC. The average molecular weight is 185 g/mol. The fourth-order valence-corrected chi connectivity index (χ4v) is 1.17. The molecule has 0 rings (SSSR count). The molecule has 0 fully saturated rings. The van der Waals surface area contributed by atoms with Gasteiger partial charge < -0.3 is 10.4 Å². The van der Waals surface area contributed by atoms with Crippen molar-refractivity contribution < 1.29 is 5.11 Å². The van der Waals surface area contributed by atoms with Crippen molar-refractivity contribution in [3.8, 4) is 0 Å². The third-order valence-electron chi connectivity index (χ3n) is 2.25. The summed E-state index contributed by atoms with van der Waals surface area (Å²) in [6, 6.07) is 0.530. The van der Waals surface area contributed by atoms with E-state index in [1.165, 1.54) is 0 Å². The van der Waals surface area contributed by atoms with E-state index in [1.54, 1.807) is 0 Å². The predicted octanol–water partition coefficient (Wildman–Crippen LogP) is 2.09. The van der Waals surface area contributed by atoms with E-state index in [1.807, 2.05) is 13.0 Å². The lowest BCUT2D eigenvalue weighted by Crippen LogP contribution is -2.28. The van der Waals surface area contributed by atoms with Crippen LogP contribution >= 0.6 is 0 Å². The minimum absolute atomic E-state index is 0.140. The van der Waals surface area contributed by atoms with Crippen LogP contribution in [0.4, 0.5) is 0 Å². The van der Waals surface area contributed by atoms with Crippen molar-refractivity contribution in [3.63, 3.8) is 0 Å². The second kappa shape index (κ2) is 8.27. The van der Waals surface area contributed by atoms with Gasteiger partial charge in [-0.2, -0.15) is 0 Å². The summed E-state index contributed by atoms with van der Waals surface area (Å²) >= 11 is 0. The van der Waals surface area contributed by atoms with E-state index >= 15 is 0 Å². The molecule has 0 aromatic carbocycles. The molecule has 0 aromatic heterocycles. The molecule has 0 aliphatic rings. The average Bonchev–Trinajstić information content (AvgIpc) is 2.14. The third kappa shape index (κ3) is 8.00. The molecular formula is C11H23NO. The highest BCUT2D eigenvalue weighted by molar-refractivity contribution is 4.71. The minimum atomic E-state index is -0.140. The minimum Gasteiger partial charge on any atom is -0.393 e. The predicted molar refractivity (Wildman–Crippen MR) is 57.8 cm³/mol. The molecule has 0 radical (unpaired) electrons. The maximum Gasteiger partial charge on any atom is 0.0549 e. The number of hydrogen-bond donors (Lipinski definition) is 2. The van der Waals surface area contributed by atoms with Gasteiger partial charge in [-0.25, -0.2) is 0 Å². The highest BCUT2D eigenvalue weighted by atomic mass is 16.3. The van der Waals surface area contributed by atoms with Crippen LogP contribution in [0.2, 0.25) is 0 Å². The summed E-state index contributed by atoms with van der Waals surface area (Å²) in [6.45, 7) is 8.77. The van der Waals surface area contributed by atoms with Crippen molar-refractivity contribution in [2.45, 2.75) is 51.7 Å². The van der Waals surface area contributed by atoms with E-state index in [4.69, 9.17) is 0 Å². The van der Waals surface area contributed by atoms with Gasteiger partial charge in [-0.1, -0.05) is 13.0 Å². The van der Waals surface area contributed by atoms with Gasteiger partial charge in [-0.15, -0.1) is 6.58 Å². The second-order valence-corrected chi connectivity index (χ2v) is 3.57. The van der Waals surface area contributed by atoms with E-state index in [2.05, 4.69) is 18.8 Å².